The van der Waals surface area contributed by atoms with Crippen molar-refractivity contribution in [3.8, 4) is 11.4 Å². The Balaban J connectivity index is 2.18. The van der Waals surface area contributed by atoms with E-state index in [0.717, 1.165) is 5.69 Å². The first-order chi connectivity index (χ1) is 9.22. The van der Waals surface area contributed by atoms with Gasteiger partial charge in [-0.05, 0) is 30.3 Å². The van der Waals surface area contributed by atoms with Crippen molar-refractivity contribution in [3.63, 3.8) is 0 Å². The van der Waals surface area contributed by atoms with Gasteiger partial charge in [0.15, 0.2) is 0 Å². The summed E-state index contributed by atoms with van der Waals surface area (Å²) in [6.45, 7) is 0. The number of nitrogen functional groups attached to an aromatic ring is 1. The third-order valence-electron chi connectivity index (χ3n) is 2.62. The lowest BCUT2D eigenvalue weighted by molar-refractivity contribution is 0.148. The maximum atomic E-state index is 9.69. The molecule has 2 aliphatic rings. The topological polar surface area (TPSA) is 89.3 Å². The van der Waals surface area contributed by atoms with Gasteiger partial charge in [0.2, 0.25) is 5.95 Å². The van der Waals surface area contributed by atoms with E-state index >= 15 is 0 Å². The molecule has 3 N–H and O–H groups in total. The molecule has 1 aliphatic carbocycles. The maximum Gasteiger partial charge on any atom is 0.242 e. The summed E-state index contributed by atoms with van der Waals surface area (Å²) >= 11 is 0. The Hall–Kier alpha value is -2.89. The Morgan fingerprint density at radius 2 is 1.89 bits per heavy atom. The molecule has 6 heteroatoms. The Labute approximate surface area is 108 Å². The van der Waals surface area contributed by atoms with Gasteiger partial charge < -0.3 is 10.9 Å². The molecule has 19 heavy (non-hydrogen) atoms. The van der Waals surface area contributed by atoms with Crippen LogP contribution in [-0.2, 0) is 0 Å². The first-order valence-electron chi connectivity index (χ1n) is 5.68. The van der Waals surface area contributed by atoms with E-state index < -0.39 is 0 Å². The molecule has 0 amide bonds. The van der Waals surface area contributed by atoms with Crippen molar-refractivity contribution in [1.29, 1.82) is 0 Å². The van der Waals surface area contributed by atoms with Gasteiger partial charge in [-0.25, -0.2) is 9.98 Å². The first-order valence-corrected chi connectivity index (χ1v) is 5.68. The van der Waals surface area contributed by atoms with E-state index in [9.17, 15) is 5.21 Å². The third kappa shape index (κ3) is 2.23. The number of hydrogen-bond acceptors (Lipinski definition) is 5. The van der Waals surface area contributed by atoms with Crippen LogP contribution in [0.1, 0.15) is 0 Å². The first kappa shape index (κ1) is 11.2. The molecule has 0 saturated carbocycles. The molecule has 0 saturated heterocycles. The van der Waals surface area contributed by atoms with Crippen LogP contribution in [-0.4, -0.2) is 20.1 Å². The van der Waals surface area contributed by atoms with E-state index in [1.165, 1.54) is 0 Å². The summed E-state index contributed by atoms with van der Waals surface area (Å²) < 4.78 is 0. The second-order valence-electron chi connectivity index (χ2n) is 3.98. The van der Waals surface area contributed by atoms with Gasteiger partial charge in [0.25, 0.3) is 0 Å². The molecule has 0 spiro atoms. The van der Waals surface area contributed by atoms with Gasteiger partial charge in [0.05, 0.1) is 16.7 Å². The summed E-state index contributed by atoms with van der Waals surface area (Å²) in [6, 6.07) is 14.8. The maximum absolute atomic E-state index is 9.69. The average molecular weight is 253 g/mol. The predicted octanol–water partition coefficient (Wildman–Crippen LogP) is 1.43. The Kier molecular flexibility index (Phi) is 2.60. The third-order valence-corrected chi connectivity index (χ3v) is 2.62. The molecule has 0 aromatic heterocycles. The van der Waals surface area contributed by atoms with Gasteiger partial charge in [0, 0.05) is 0 Å². The van der Waals surface area contributed by atoms with Crippen LogP contribution in [0.5, 0.6) is 0 Å². The monoisotopic (exact) mass is 253 g/mol. The van der Waals surface area contributed by atoms with E-state index in [4.69, 9.17) is 5.73 Å². The molecule has 0 fully saturated rings. The molecule has 0 atom stereocenters. The normalized spacial score (nSPS) is 11.9. The number of anilines is 1. The lowest BCUT2D eigenvalue weighted by Crippen LogP contribution is -2.13. The van der Waals surface area contributed by atoms with E-state index in [-0.39, 0.29) is 5.95 Å². The van der Waals surface area contributed by atoms with Crippen molar-refractivity contribution in [3.05, 3.63) is 53.9 Å². The zero-order chi connectivity index (χ0) is 13.2. The van der Waals surface area contributed by atoms with Crippen molar-refractivity contribution in [1.82, 2.24) is 14.9 Å². The number of para-hydroxylation sites is 1. The van der Waals surface area contributed by atoms with E-state index in [2.05, 4.69) is 15.1 Å². The molecule has 1 heterocycles. The Morgan fingerprint density at radius 3 is 2.68 bits per heavy atom. The molecule has 94 valence electrons. The second kappa shape index (κ2) is 4.41. The van der Waals surface area contributed by atoms with Gasteiger partial charge in [-0.15, -0.1) is 0 Å². The summed E-state index contributed by atoms with van der Waals surface area (Å²) in [5.74, 6) is 0.0164. The molecule has 1 aromatic rings. The van der Waals surface area contributed by atoms with Crippen LogP contribution in [0.4, 0.5) is 11.6 Å². The zero-order valence-electron chi connectivity index (χ0n) is 9.93. The fraction of sp³-hybridized carbons (Fsp3) is 0. The Bertz CT molecular complexity index is 751. The predicted molar refractivity (Wildman–Crippen MR) is 69.9 cm³/mol. The van der Waals surface area contributed by atoms with Crippen LogP contribution in [0.2, 0.25) is 0 Å². The highest BCUT2D eigenvalue weighted by molar-refractivity contribution is 5.56. The van der Waals surface area contributed by atoms with Gasteiger partial charge in [0.1, 0.15) is 5.69 Å². The van der Waals surface area contributed by atoms with Gasteiger partial charge in [-0.1, -0.05) is 28.1 Å². The molecule has 0 radical (unpaired) electrons. The summed E-state index contributed by atoms with van der Waals surface area (Å²) in [5.41, 5.74) is 7.30. The molecule has 0 unspecified atom stereocenters. The highest BCUT2D eigenvalue weighted by Gasteiger charge is 2.09. The number of aromatic nitrogens is 3. The standard InChI is InChI=1S/C13H11N5O/c14-13-16-11-7-6-10(8-12(11)18(19)17-13)15-9-4-2-1-3-5-9/h1-8,19H,(H2,14,17). The summed E-state index contributed by atoms with van der Waals surface area (Å²) in [7, 11) is 0. The minimum absolute atomic E-state index is 0.0164. The van der Waals surface area contributed by atoms with Crippen molar-refractivity contribution >= 4 is 11.6 Å². The summed E-state index contributed by atoms with van der Waals surface area (Å²) in [6.07, 6.45) is 0. The summed E-state index contributed by atoms with van der Waals surface area (Å²) in [5, 5.41) is 14.0. The smallest absolute Gasteiger partial charge is 0.242 e. The Morgan fingerprint density at radius 1 is 1.11 bits per heavy atom. The van der Waals surface area contributed by atoms with Crippen LogP contribution in [0.3, 0.4) is 0 Å². The number of rotatable bonds is 1. The number of hydrogen-bond donors (Lipinski definition) is 2. The van der Waals surface area contributed by atoms with Crippen molar-refractivity contribution < 1.29 is 5.21 Å². The lowest BCUT2D eigenvalue weighted by atomic mass is 10.2. The van der Waals surface area contributed by atoms with Crippen LogP contribution >= 0.6 is 0 Å². The second-order valence-corrected chi connectivity index (χ2v) is 3.98. The molecule has 6 nitrogen and oxygen atoms in total. The van der Waals surface area contributed by atoms with E-state index in [1.807, 2.05) is 36.4 Å². The van der Waals surface area contributed by atoms with Crippen molar-refractivity contribution in [2.75, 3.05) is 5.73 Å². The molecule has 1 aliphatic heterocycles. The van der Waals surface area contributed by atoms with Gasteiger partial charge in [-0.3, -0.25) is 0 Å². The zero-order valence-corrected chi connectivity index (χ0v) is 9.93. The number of benzene rings is 2. The fourth-order valence-corrected chi connectivity index (χ4v) is 1.78. The molecule has 1 aromatic carbocycles. The number of nitrogens with zero attached hydrogens (tertiary/aromatic N) is 4. The van der Waals surface area contributed by atoms with Gasteiger partial charge in [-0.2, -0.15) is 0 Å². The van der Waals surface area contributed by atoms with Crippen LogP contribution in [0.25, 0.3) is 11.4 Å². The van der Waals surface area contributed by atoms with Crippen LogP contribution in [0.15, 0.2) is 53.5 Å². The minimum Gasteiger partial charge on any atom is -0.411 e. The molecular weight excluding hydrogens is 242 g/mol. The quantitative estimate of drug-likeness (QED) is 0.642. The fourth-order valence-electron chi connectivity index (χ4n) is 1.78. The molecular formula is C13H11N5O. The van der Waals surface area contributed by atoms with Crippen LogP contribution < -0.4 is 11.1 Å². The largest absolute Gasteiger partial charge is 0.411 e. The van der Waals surface area contributed by atoms with E-state index in [1.54, 1.807) is 12.1 Å². The van der Waals surface area contributed by atoms with E-state index in [0.29, 0.717) is 21.6 Å². The van der Waals surface area contributed by atoms with Crippen LogP contribution in [0, 0.1) is 0 Å². The average Bonchev–Trinajstić information content (AvgIpc) is 2.40. The van der Waals surface area contributed by atoms with Crippen molar-refractivity contribution in [2.45, 2.75) is 0 Å². The lowest BCUT2D eigenvalue weighted by Gasteiger charge is -2.07. The number of fused-ring (bicyclic) bond motifs is 1. The highest BCUT2D eigenvalue weighted by atomic mass is 16.5. The molecule has 3 rings (SSSR count). The minimum atomic E-state index is 0.0164. The van der Waals surface area contributed by atoms with Gasteiger partial charge >= 0.3 is 0 Å². The highest BCUT2D eigenvalue weighted by Crippen LogP contribution is 2.16. The molecule has 0 bridgehead atoms. The number of nitrogens with two attached hydrogens (primary N) is 1. The SMILES string of the molecule is Nc1nc2ccc(=Nc3ccccc3)cc-2n(O)n1. The summed E-state index contributed by atoms with van der Waals surface area (Å²) in [4.78, 5) is 9.18. The van der Waals surface area contributed by atoms with Crippen molar-refractivity contribution in [2.24, 2.45) is 4.99 Å².